The number of nitrogens with zero attached hydrogens (tertiary/aromatic N) is 1. The van der Waals surface area contributed by atoms with Crippen LogP contribution in [0.3, 0.4) is 0 Å². The SMILES string of the molecule is Cc1cc(C(=O)N2CCC(C)C2)cc(S(N)(=O)=O)c1. The first-order chi connectivity index (χ1) is 8.77. The zero-order valence-electron chi connectivity index (χ0n) is 11.1. The van der Waals surface area contributed by atoms with E-state index in [0.717, 1.165) is 19.5 Å². The topological polar surface area (TPSA) is 80.5 Å². The van der Waals surface area contributed by atoms with Crippen molar-refractivity contribution < 1.29 is 13.2 Å². The minimum Gasteiger partial charge on any atom is -0.338 e. The Morgan fingerprint density at radius 2 is 2.05 bits per heavy atom. The maximum Gasteiger partial charge on any atom is 0.253 e. The molecule has 0 aromatic heterocycles. The number of hydrogen-bond acceptors (Lipinski definition) is 3. The summed E-state index contributed by atoms with van der Waals surface area (Å²) in [6.45, 7) is 5.29. The van der Waals surface area contributed by atoms with Gasteiger partial charge in [-0.05, 0) is 43.0 Å². The summed E-state index contributed by atoms with van der Waals surface area (Å²) < 4.78 is 22.8. The number of sulfonamides is 1. The average molecular weight is 282 g/mol. The van der Waals surface area contributed by atoms with E-state index in [1.54, 1.807) is 17.9 Å². The number of amides is 1. The summed E-state index contributed by atoms with van der Waals surface area (Å²) >= 11 is 0. The molecule has 1 aliphatic rings. The van der Waals surface area contributed by atoms with E-state index in [4.69, 9.17) is 5.14 Å². The standard InChI is InChI=1S/C13H18N2O3S/c1-9-3-4-15(8-9)13(16)11-5-10(2)6-12(7-11)19(14,17)18/h5-7,9H,3-4,8H2,1-2H3,(H2,14,17,18). The van der Waals surface area contributed by atoms with Gasteiger partial charge in [0.1, 0.15) is 0 Å². The zero-order chi connectivity index (χ0) is 14.2. The number of benzene rings is 1. The molecule has 5 nitrogen and oxygen atoms in total. The highest BCUT2D eigenvalue weighted by Crippen LogP contribution is 2.20. The van der Waals surface area contributed by atoms with E-state index < -0.39 is 10.0 Å². The normalized spacial score (nSPS) is 19.7. The van der Waals surface area contributed by atoms with Crippen molar-refractivity contribution in [2.45, 2.75) is 25.2 Å². The second-order valence-electron chi connectivity index (χ2n) is 5.22. The van der Waals surface area contributed by atoms with E-state index in [2.05, 4.69) is 6.92 Å². The molecule has 0 saturated carbocycles. The molecule has 1 aliphatic heterocycles. The molecule has 1 aromatic rings. The van der Waals surface area contributed by atoms with Crippen LogP contribution in [0.4, 0.5) is 0 Å². The number of nitrogens with two attached hydrogens (primary N) is 1. The van der Waals surface area contributed by atoms with Gasteiger partial charge in [-0.2, -0.15) is 0 Å². The third-order valence-corrected chi connectivity index (χ3v) is 4.23. The summed E-state index contributed by atoms with van der Waals surface area (Å²) in [7, 11) is -3.79. The lowest BCUT2D eigenvalue weighted by Crippen LogP contribution is -2.28. The number of carbonyl (C=O) groups is 1. The Kier molecular flexibility index (Phi) is 3.64. The molecule has 0 radical (unpaired) electrons. The van der Waals surface area contributed by atoms with Gasteiger partial charge in [0.25, 0.3) is 5.91 Å². The number of primary sulfonamides is 1. The first-order valence-electron chi connectivity index (χ1n) is 6.21. The zero-order valence-corrected chi connectivity index (χ0v) is 11.9. The van der Waals surface area contributed by atoms with E-state index in [0.29, 0.717) is 17.0 Å². The predicted octanol–water partition coefficient (Wildman–Crippen LogP) is 1.12. The van der Waals surface area contributed by atoms with Crippen LogP contribution < -0.4 is 5.14 Å². The van der Waals surface area contributed by atoms with Crippen molar-refractivity contribution in [2.24, 2.45) is 11.1 Å². The van der Waals surface area contributed by atoms with Crippen LogP contribution in [0.25, 0.3) is 0 Å². The van der Waals surface area contributed by atoms with Crippen molar-refractivity contribution in [2.75, 3.05) is 13.1 Å². The van der Waals surface area contributed by atoms with Crippen molar-refractivity contribution in [1.82, 2.24) is 4.90 Å². The summed E-state index contributed by atoms with van der Waals surface area (Å²) in [6.07, 6.45) is 0.986. The van der Waals surface area contributed by atoms with Crippen LogP contribution in [0.1, 0.15) is 29.3 Å². The lowest BCUT2D eigenvalue weighted by atomic mass is 10.1. The highest BCUT2D eigenvalue weighted by atomic mass is 32.2. The Hall–Kier alpha value is -1.40. The van der Waals surface area contributed by atoms with Gasteiger partial charge in [0.2, 0.25) is 10.0 Å². The molecule has 2 N–H and O–H groups in total. The van der Waals surface area contributed by atoms with Crippen molar-refractivity contribution in [1.29, 1.82) is 0 Å². The van der Waals surface area contributed by atoms with Crippen LogP contribution in [0.15, 0.2) is 23.1 Å². The van der Waals surface area contributed by atoms with E-state index in [1.165, 1.54) is 12.1 Å². The maximum atomic E-state index is 12.3. The largest absolute Gasteiger partial charge is 0.338 e. The fourth-order valence-electron chi connectivity index (χ4n) is 2.34. The van der Waals surface area contributed by atoms with Crippen molar-refractivity contribution in [3.05, 3.63) is 29.3 Å². The molecule has 104 valence electrons. The Labute approximate surface area is 113 Å². The molecular formula is C13H18N2O3S. The lowest BCUT2D eigenvalue weighted by Gasteiger charge is -2.16. The maximum absolute atomic E-state index is 12.3. The molecule has 1 heterocycles. The number of likely N-dealkylation sites (tertiary alicyclic amines) is 1. The fourth-order valence-corrected chi connectivity index (χ4v) is 2.98. The van der Waals surface area contributed by atoms with Crippen molar-refractivity contribution in [3.8, 4) is 0 Å². The van der Waals surface area contributed by atoms with E-state index in [9.17, 15) is 13.2 Å². The molecule has 1 amide bonds. The molecule has 19 heavy (non-hydrogen) atoms. The molecule has 0 aliphatic carbocycles. The molecule has 6 heteroatoms. The van der Waals surface area contributed by atoms with Gasteiger partial charge in [-0.3, -0.25) is 4.79 Å². The first kappa shape index (κ1) is 14.0. The summed E-state index contributed by atoms with van der Waals surface area (Å²) in [5.74, 6) is 0.365. The van der Waals surface area contributed by atoms with Gasteiger partial charge in [-0.1, -0.05) is 6.92 Å². The van der Waals surface area contributed by atoms with Gasteiger partial charge in [0.05, 0.1) is 4.90 Å². The Morgan fingerprint density at radius 1 is 1.37 bits per heavy atom. The minimum atomic E-state index is -3.79. The third kappa shape index (κ3) is 3.13. The monoisotopic (exact) mass is 282 g/mol. The number of carbonyl (C=O) groups excluding carboxylic acids is 1. The van der Waals surface area contributed by atoms with Crippen LogP contribution >= 0.6 is 0 Å². The van der Waals surface area contributed by atoms with Crippen LogP contribution in [0, 0.1) is 12.8 Å². The molecular weight excluding hydrogens is 264 g/mol. The van der Waals surface area contributed by atoms with Crippen LogP contribution in [0.5, 0.6) is 0 Å². The van der Waals surface area contributed by atoms with Gasteiger partial charge >= 0.3 is 0 Å². The quantitative estimate of drug-likeness (QED) is 0.882. The predicted molar refractivity (Wildman–Crippen MR) is 72.2 cm³/mol. The Morgan fingerprint density at radius 3 is 2.58 bits per heavy atom. The van der Waals surface area contributed by atoms with Crippen LogP contribution in [-0.4, -0.2) is 32.3 Å². The van der Waals surface area contributed by atoms with Crippen molar-refractivity contribution in [3.63, 3.8) is 0 Å². The molecule has 1 atom stereocenters. The molecule has 1 fully saturated rings. The summed E-state index contributed by atoms with van der Waals surface area (Å²) in [5.41, 5.74) is 1.10. The number of aryl methyl sites for hydroxylation is 1. The molecule has 0 spiro atoms. The van der Waals surface area contributed by atoms with Gasteiger partial charge in [0.15, 0.2) is 0 Å². The lowest BCUT2D eigenvalue weighted by molar-refractivity contribution is 0.0787. The Bertz CT molecular complexity index is 610. The van der Waals surface area contributed by atoms with Gasteiger partial charge in [-0.15, -0.1) is 0 Å². The minimum absolute atomic E-state index is 0.0110. The molecule has 2 rings (SSSR count). The second kappa shape index (κ2) is 4.94. The molecule has 1 aromatic carbocycles. The average Bonchev–Trinajstić information content (AvgIpc) is 2.73. The summed E-state index contributed by atoms with van der Waals surface area (Å²) in [6, 6.07) is 4.52. The van der Waals surface area contributed by atoms with E-state index >= 15 is 0 Å². The van der Waals surface area contributed by atoms with E-state index in [1.807, 2.05) is 0 Å². The number of rotatable bonds is 2. The second-order valence-corrected chi connectivity index (χ2v) is 6.79. The van der Waals surface area contributed by atoms with Gasteiger partial charge in [-0.25, -0.2) is 13.6 Å². The van der Waals surface area contributed by atoms with Gasteiger partial charge < -0.3 is 4.90 Å². The third-order valence-electron chi connectivity index (χ3n) is 3.34. The highest BCUT2D eigenvalue weighted by molar-refractivity contribution is 7.89. The molecule has 1 unspecified atom stereocenters. The molecule has 0 bridgehead atoms. The van der Waals surface area contributed by atoms with Gasteiger partial charge in [0, 0.05) is 18.7 Å². The van der Waals surface area contributed by atoms with Crippen LogP contribution in [0.2, 0.25) is 0 Å². The van der Waals surface area contributed by atoms with Crippen molar-refractivity contribution >= 4 is 15.9 Å². The molecule has 1 saturated heterocycles. The highest BCUT2D eigenvalue weighted by Gasteiger charge is 2.25. The Balaban J connectivity index is 2.35. The summed E-state index contributed by atoms with van der Waals surface area (Å²) in [5, 5.41) is 5.12. The van der Waals surface area contributed by atoms with E-state index in [-0.39, 0.29) is 10.8 Å². The smallest absolute Gasteiger partial charge is 0.253 e. The summed E-state index contributed by atoms with van der Waals surface area (Å²) in [4.78, 5) is 14.1. The van der Waals surface area contributed by atoms with Crippen LogP contribution in [-0.2, 0) is 10.0 Å². The first-order valence-corrected chi connectivity index (χ1v) is 7.76. The fraction of sp³-hybridized carbons (Fsp3) is 0.462. The number of hydrogen-bond donors (Lipinski definition) is 1.